The first kappa shape index (κ1) is 18.6. The molecule has 0 aliphatic carbocycles. The number of benzene rings is 2. The van der Waals surface area contributed by atoms with Crippen LogP contribution in [0.15, 0.2) is 40.9 Å². The number of hydrogen-bond acceptors (Lipinski definition) is 3. The highest BCUT2D eigenvalue weighted by Crippen LogP contribution is 2.37. The Morgan fingerprint density at radius 2 is 1.88 bits per heavy atom. The van der Waals surface area contributed by atoms with E-state index in [-0.39, 0.29) is 5.91 Å². The quantitative estimate of drug-likeness (QED) is 0.649. The van der Waals surface area contributed by atoms with Crippen molar-refractivity contribution in [3.8, 4) is 11.5 Å². The first-order valence-corrected chi connectivity index (χ1v) is 8.88. The Labute approximate surface area is 155 Å². The number of carbonyl (C=O) groups is 1. The van der Waals surface area contributed by atoms with Gasteiger partial charge in [0.05, 0.1) is 17.7 Å². The number of hydrogen-bond donors (Lipinski definition) is 1. The van der Waals surface area contributed by atoms with Gasteiger partial charge in [0.15, 0.2) is 11.5 Å². The number of rotatable bonds is 7. The Bertz CT molecular complexity index is 704. The highest BCUT2D eigenvalue weighted by molar-refractivity contribution is 9.10. The van der Waals surface area contributed by atoms with E-state index < -0.39 is 0 Å². The average Bonchev–Trinajstić information content (AvgIpc) is 2.56. The molecule has 1 amide bonds. The van der Waals surface area contributed by atoms with E-state index in [1.165, 1.54) is 0 Å². The largest absolute Gasteiger partial charge is 0.490 e. The molecular weight excluding hydrogens is 394 g/mol. The third-order valence-corrected chi connectivity index (χ3v) is 3.97. The topological polar surface area (TPSA) is 47.6 Å². The molecule has 0 spiro atoms. The minimum Gasteiger partial charge on any atom is -0.490 e. The molecule has 0 saturated carbocycles. The molecule has 0 unspecified atom stereocenters. The molecule has 2 aromatic carbocycles. The van der Waals surface area contributed by atoms with Crippen LogP contribution in [-0.4, -0.2) is 19.1 Å². The van der Waals surface area contributed by atoms with Gasteiger partial charge >= 0.3 is 0 Å². The van der Waals surface area contributed by atoms with E-state index in [0.717, 1.165) is 6.42 Å². The first-order valence-electron chi connectivity index (χ1n) is 7.71. The highest BCUT2D eigenvalue weighted by Gasteiger charge is 2.16. The van der Waals surface area contributed by atoms with Gasteiger partial charge in [-0.15, -0.1) is 0 Å². The minimum atomic E-state index is -0.235. The fourth-order valence-electron chi connectivity index (χ4n) is 2.04. The van der Waals surface area contributed by atoms with Crippen molar-refractivity contribution in [3.05, 3.63) is 51.5 Å². The maximum Gasteiger partial charge on any atom is 0.255 e. The molecule has 2 rings (SSSR count). The molecule has 0 aliphatic rings. The lowest BCUT2D eigenvalue weighted by Crippen LogP contribution is -2.12. The van der Waals surface area contributed by atoms with Crippen LogP contribution in [0.2, 0.25) is 5.02 Å². The summed E-state index contributed by atoms with van der Waals surface area (Å²) in [7, 11) is 0. The molecule has 4 nitrogen and oxygen atoms in total. The van der Waals surface area contributed by atoms with Crippen molar-refractivity contribution < 1.29 is 14.3 Å². The van der Waals surface area contributed by atoms with Gasteiger partial charge in [-0.3, -0.25) is 4.79 Å². The molecule has 6 heteroatoms. The molecule has 0 radical (unpaired) electrons. The molecule has 128 valence electrons. The van der Waals surface area contributed by atoms with Crippen LogP contribution in [0, 0.1) is 0 Å². The number of amides is 1. The van der Waals surface area contributed by atoms with Crippen molar-refractivity contribution in [3.63, 3.8) is 0 Å². The maximum atomic E-state index is 12.5. The predicted molar refractivity (Wildman–Crippen MR) is 101 cm³/mol. The number of anilines is 1. The molecule has 0 aromatic heterocycles. The Morgan fingerprint density at radius 3 is 2.50 bits per heavy atom. The van der Waals surface area contributed by atoms with Crippen molar-refractivity contribution in [2.24, 2.45) is 0 Å². The Kier molecular flexibility index (Phi) is 6.94. The summed E-state index contributed by atoms with van der Waals surface area (Å²) >= 11 is 9.31. The van der Waals surface area contributed by atoms with Crippen molar-refractivity contribution in [2.75, 3.05) is 18.5 Å². The summed E-state index contributed by atoms with van der Waals surface area (Å²) in [6.07, 6.45) is 0.886. The van der Waals surface area contributed by atoms with E-state index in [1.54, 1.807) is 36.4 Å². The van der Waals surface area contributed by atoms with Gasteiger partial charge in [0.2, 0.25) is 0 Å². The van der Waals surface area contributed by atoms with Crippen LogP contribution in [0.25, 0.3) is 0 Å². The van der Waals surface area contributed by atoms with Crippen molar-refractivity contribution in [1.82, 2.24) is 0 Å². The van der Waals surface area contributed by atoms with E-state index in [1.807, 2.05) is 13.8 Å². The summed E-state index contributed by atoms with van der Waals surface area (Å²) in [5.41, 5.74) is 1.15. The van der Waals surface area contributed by atoms with Crippen LogP contribution < -0.4 is 14.8 Å². The van der Waals surface area contributed by atoms with E-state index in [2.05, 4.69) is 21.2 Å². The van der Waals surface area contributed by atoms with E-state index in [4.69, 9.17) is 21.1 Å². The fourth-order valence-corrected chi connectivity index (χ4v) is 2.73. The lowest BCUT2D eigenvalue weighted by Gasteiger charge is -2.15. The predicted octanol–water partition coefficient (Wildman–Crippen LogP) is 5.54. The standard InChI is InChI=1S/C18H19BrClNO3/c1-3-9-24-17-15(19)10-12(11-16(17)23-4-2)18(22)21-14-7-5-13(20)6-8-14/h5-8,10-11H,3-4,9H2,1-2H3,(H,21,22). The van der Waals surface area contributed by atoms with Crippen molar-refractivity contribution in [1.29, 1.82) is 0 Å². The molecular formula is C18H19BrClNO3. The normalized spacial score (nSPS) is 10.3. The van der Waals surface area contributed by atoms with Gasteiger partial charge in [0, 0.05) is 16.3 Å². The lowest BCUT2D eigenvalue weighted by molar-refractivity contribution is 0.102. The van der Waals surface area contributed by atoms with Crippen LogP contribution in [0.4, 0.5) is 5.69 Å². The third-order valence-electron chi connectivity index (χ3n) is 3.12. The van der Waals surface area contributed by atoms with Gasteiger partial charge in [-0.05, 0) is 65.7 Å². The van der Waals surface area contributed by atoms with Crippen LogP contribution in [0.1, 0.15) is 30.6 Å². The second kappa shape index (κ2) is 8.94. The molecule has 0 heterocycles. The Hall–Kier alpha value is -1.72. The molecule has 2 aromatic rings. The average molecular weight is 413 g/mol. The van der Waals surface area contributed by atoms with Gasteiger partial charge in [-0.1, -0.05) is 18.5 Å². The molecule has 0 bridgehead atoms. The molecule has 0 fully saturated rings. The lowest BCUT2D eigenvalue weighted by atomic mass is 10.1. The Morgan fingerprint density at radius 1 is 1.17 bits per heavy atom. The first-order chi connectivity index (χ1) is 11.5. The summed E-state index contributed by atoms with van der Waals surface area (Å²) in [5.74, 6) is 0.921. The van der Waals surface area contributed by atoms with Crippen LogP contribution in [0.3, 0.4) is 0 Å². The number of halogens is 2. The number of ether oxygens (including phenoxy) is 2. The fraction of sp³-hybridized carbons (Fsp3) is 0.278. The third kappa shape index (κ3) is 4.89. The zero-order chi connectivity index (χ0) is 17.5. The minimum absolute atomic E-state index is 0.235. The molecule has 0 aliphatic heterocycles. The number of nitrogens with one attached hydrogen (secondary N) is 1. The summed E-state index contributed by atoms with van der Waals surface area (Å²) in [6, 6.07) is 10.3. The second-order valence-corrected chi connectivity index (χ2v) is 6.32. The summed E-state index contributed by atoms with van der Waals surface area (Å²) in [5, 5.41) is 3.45. The highest BCUT2D eigenvalue weighted by atomic mass is 79.9. The van der Waals surface area contributed by atoms with E-state index >= 15 is 0 Å². The van der Waals surface area contributed by atoms with Crippen molar-refractivity contribution >= 4 is 39.1 Å². The molecule has 24 heavy (non-hydrogen) atoms. The van der Waals surface area contributed by atoms with Gasteiger partial charge in [0.1, 0.15) is 0 Å². The maximum absolute atomic E-state index is 12.5. The zero-order valence-electron chi connectivity index (χ0n) is 13.6. The monoisotopic (exact) mass is 411 g/mol. The Balaban J connectivity index is 2.25. The van der Waals surface area contributed by atoms with Crippen LogP contribution >= 0.6 is 27.5 Å². The smallest absolute Gasteiger partial charge is 0.255 e. The van der Waals surface area contributed by atoms with E-state index in [9.17, 15) is 4.79 Å². The molecule has 1 N–H and O–H groups in total. The van der Waals surface area contributed by atoms with Crippen LogP contribution in [0.5, 0.6) is 11.5 Å². The van der Waals surface area contributed by atoms with Crippen molar-refractivity contribution in [2.45, 2.75) is 20.3 Å². The summed E-state index contributed by atoms with van der Waals surface area (Å²) < 4.78 is 12.0. The summed E-state index contributed by atoms with van der Waals surface area (Å²) in [4.78, 5) is 12.5. The van der Waals surface area contributed by atoms with Gasteiger partial charge in [-0.2, -0.15) is 0 Å². The van der Waals surface area contributed by atoms with Gasteiger partial charge in [0.25, 0.3) is 5.91 Å². The molecule has 0 atom stereocenters. The SMILES string of the molecule is CCCOc1c(Br)cc(C(=O)Nc2ccc(Cl)cc2)cc1OCC. The van der Waals surface area contributed by atoms with Gasteiger partial charge < -0.3 is 14.8 Å². The van der Waals surface area contributed by atoms with Crippen LogP contribution in [-0.2, 0) is 0 Å². The van der Waals surface area contributed by atoms with Gasteiger partial charge in [-0.25, -0.2) is 0 Å². The zero-order valence-corrected chi connectivity index (χ0v) is 15.9. The molecule has 0 saturated heterocycles. The summed E-state index contributed by atoms with van der Waals surface area (Å²) in [6.45, 7) is 4.98. The van der Waals surface area contributed by atoms with E-state index in [0.29, 0.717) is 45.5 Å². The second-order valence-electron chi connectivity index (χ2n) is 5.03. The number of carbonyl (C=O) groups excluding carboxylic acids is 1.